The second-order valence-corrected chi connectivity index (χ2v) is 6.67. The summed E-state index contributed by atoms with van der Waals surface area (Å²) < 4.78 is 5.21. The van der Waals surface area contributed by atoms with E-state index in [1.54, 1.807) is 6.20 Å². The van der Waals surface area contributed by atoms with Crippen LogP contribution in [0.1, 0.15) is 62.7 Å². The highest BCUT2D eigenvalue weighted by Crippen LogP contribution is 2.33. The van der Waals surface area contributed by atoms with Gasteiger partial charge in [-0.05, 0) is 31.7 Å². The highest BCUT2D eigenvalue weighted by molar-refractivity contribution is 6.04. The fourth-order valence-electron chi connectivity index (χ4n) is 3.82. The summed E-state index contributed by atoms with van der Waals surface area (Å²) in [5.74, 6) is 0.479. The number of hydrogen-bond donors (Lipinski definition) is 2. The van der Waals surface area contributed by atoms with Crippen LogP contribution >= 0.6 is 0 Å². The van der Waals surface area contributed by atoms with Crippen molar-refractivity contribution in [3.63, 3.8) is 0 Å². The Labute approximate surface area is 143 Å². The van der Waals surface area contributed by atoms with Crippen LogP contribution in [0.15, 0.2) is 18.5 Å². The number of anilines is 1. The number of hydrogen-bond acceptors (Lipinski definition) is 4. The quantitative estimate of drug-likeness (QED) is 0.765. The molecule has 0 spiro atoms. The average molecular weight is 329 g/mol. The van der Waals surface area contributed by atoms with E-state index in [-0.39, 0.29) is 5.97 Å². The summed E-state index contributed by atoms with van der Waals surface area (Å²) in [7, 11) is 0. The van der Waals surface area contributed by atoms with E-state index in [4.69, 9.17) is 4.74 Å². The topological polar surface area (TPSA) is 67.0 Å². The summed E-state index contributed by atoms with van der Waals surface area (Å²) in [6.07, 6.45) is 10.9. The Hall–Kier alpha value is -2.04. The van der Waals surface area contributed by atoms with E-state index in [0.29, 0.717) is 18.2 Å². The minimum Gasteiger partial charge on any atom is -0.462 e. The van der Waals surface area contributed by atoms with Crippen molar-refractivity contribution in [1.82, 2.24) is 9.97 Å². The Morgan fingerprint density at radius 3 is 3.08 bits per heavy atom. The smallest absolute Gasteiger partial charge is 0.341 e. The number of fused-ring (bicyclic) bond motifs is 1. The molecule has 1 fully saturated rings. The number of aromatic nitrogens is 2. The molecule has 0 aliphatic heterocycles. The van der Waals surface area contributed by atoms with Gasteiger partial charge in [-0.3, -0.25) is 0 Å². The third-order valence-corrected chi connectivity index (χ3v) is 4.91. The van der Waals surface area contributed by atoms with Gasteiger partial charge in [0.2, 0.25) is 0 Å². The summed E-state index contributed by atoms with van der Waals surface area (Å²) in [5.41, 5.74) is 2.19. The van der Waals surface area contributed by atoms with Gasteiger partial charge in [0.05, 0.1) is 12.3 Å². The van der Waals surface area contributed by atoms with Crippen LogP contribution in [-0.2, 0) is 4.74 Å². The molecular weight excluding hydrogens is 302 g/mol. The summed E-state index contributed by atoms with van der Waals surface area (Å²) in [6.45, 7) is 4.44. The van der Waals surface area contributed by atoms with Crippen LogP contribution in [0.25, 0.3) is 11.0 Å². The molecule has 3 rings (SSSR count). The highest BCUT2D eigenvalue weighted by atomic mass is 16.5. The normalized spacial score (nSPS) is 20.9. The zero-order valence-corrected chi connectivity index (χ0v) is 14.6. The molecule has 0 radical (unpaired) electrons. The van der Waals surface area contributed by atoms with E-state index in [0.717, 1.165) is 29.1 Å². The molecule has 5 heteroatoms. The molecule has 2 heterocycles. The van der Waals surface area contributed by atoms with Crippen LogP contribution in [0.2, 0.25) is 0 Å². The number of carbonyl (C=O) groups excluding carboxylic acids is 1. The zero-order chi connectivity index (χ0) is 16.9. The number of nitrogens with zero attached hydrogens (tertiary/aromatic N) is 1. The van der Waals surface area contributed by atoms with Crippen molar-refractivity contribution in [2.75, 3.05) is 11.9 Å². The minimum absolute atomic E-state index is 0.309. The molecule has 2 atom stereocenters. The Morgan fingerprint density at radius 1 is 1.42 bits per heavy atom. The molecule has 0 saturated heterocycles. The van der Waals surface area contributed by atoms with Gasteiger partial charge < -0.3 is 15.0 Å². The summed E-state index contributed by atoms with van der Waals surface area (Å²) in [6, 6.07) is 2.38. The molecule has 2 aromatic heterocycles. The minimum atomic E-state index is -0.309. The van der Waals surface area contributed by atoms with Gasteiger partial charge in [0.15, 0.2) is 0 Å². The van der Waals surface area contributed by atoms with Crippen molar-refractivity contribution >= 4 is 22.7 Å². The second-order valence-electron chi connectivity index (χ2n) is 6.67. The van der Waals surface area contributed by atoms with Crippen LogP contribution in [0.4, 0.5) is 5.69 Å². The number of H-pyrrole nitrogens is 1. The molecule has 1 aliphatic rings. The lowest BCUT2D eigenvalue weighted by Gasteiger charge is -2.31. The fraction of sp³-hybridized carbons (Fsp3) is 0.579. The van der Waals surface area contributed by atoms with E-state index in [2.05, 4.69) is 22.2 Å². The van der Waals surface area contributed by atoms with Crippen molar-refractivity contribution in [2.45, 2.75) is 58.4 Å². The van der Waals surface area contributed by atoms with Gasteiger partial charge in [0, 0.05) is 23.8 Å². The van der Waals surface area contributed by atoms with Crippen LogP contribution in [0, 0.1) is 5.92 Å². The van der Waals surface area contributed by atoms with Crippen molar-refractivity contribution in [2.24, 2.45) is 5.92 Å². The third-order valence-electron chi connectivity index (χ3n) is 4.91. The van der Waals surface area contributed by atoms with Gasteiger partial charge in [0.25, 0.3) is 0 Å². The Morgan fingerprint density at radius 2 is 2.29 bits per heavy atom. The number of nitrogens with one attached hydrogen (secondary N) is 2. The van der Waals surface area contributed by atoms with Crippen molar-refractivity contribution in [3.8, 4) is 0 Å². The maximum Gasteiger partial charge on any atom is 0.341 e. The van der Waals surface area contributed by atoms with E-state index in [1.807, 2.05) is 19.2 Å². The summed E-state index contributed by atoms with van der Waals surface area (Å²) >= 11 is 0. The standard InChI is InChI=1S/C19H27N3O2/c1-3-6-13-7-5-8-14(11-13)22-17-15-9-10-20-18(15)21-12-16(17)19(23)24-4-2/h9-10,12-14H,3-8,11H2,1-2H3,(H2,20,21,22)/t13-,14+/m1/s1. The molecule has 0 amide bonds. The molecule has 1 saturated carbocycles. The van der Waals surface area contributed by atoms with E-state index in [1.165, 1.54) is 32.1 Å². The van der Waals surface area contributed by atoms with E-state index < -0.39 is 0 Å². The Bertz CT molecular complexity index is 693. The number of rotatable bonds is 6. The van der Waals surface area contributed by atoms with Gasteiger partial charge in [-0.15, -0.1) is 0 Å². The Balaban J connectivity index is 1.87. The van der Waals surface area contributed by atoms with Gasteiger partial charge in [-0.25, -0.2) is 9.78 Å². The number of carbonyl (C=O) groups is 1. The fourth-order valence-corrected chi connectivity index (χ4v) is 3.82. The average Bonchev–Trinajstić information content (AvgIpc) is 3.05. The molecule has 2 N–H and O–H groups in total. The second kappa shape index (κ2) is 7.69. The number of aromatic amines is 1. The van der Waals surface area contributed by atoms with Gasteiger partial charge in [0.1, 0.15) is 11.2 Å². The molecule has 24 heavy (non-hydrogen) atoms. The van der Waals surface area contributed by atoms with Crippen LogP contribution in [-0.4, -0.2) is 28.6 Å². The van der Waals surface area contributed by atoms with Crippen molar-refractivity contribution in [3.05, 3.63) is 24.0 Å². The van der Waals surface area contributed by atoms with Crippen LogP contribution in [0.5, 0.6) is 0 Å². The first kappa shape index (κ1) is 16.8. The molecular formula is C19H27N3O2. The van der Waals surface area contributed by atoms with Gasteiger partial charge in [-0.1, -0.05) is 32.6 Å². The lowest BCUT2D eigenvalue weighted by atomic mass is 9.83. The number of esters is 1. The lowest BCUT2D eigenvalue weighted by Crippen LogP contribution is -2.28. The maximum absolute atomic E-state index is 12.3. The third kappa shape index (κ3) is 3.55. The Kier molecular flexibility index (Phi) is 5.38. The predicted octanol–water partition coefficient (Wildman–Crippen LogP) is 4.51. The molecule has 130 valence electrons. The highest BCUT2D eigenvalue weighted by Gasteiger charge is 2.24. The largest absolute Gasteiger partial charge is 0.462 e. The van der Waals surface area contributed by atoms with Crippen LogP contribution < -0.4 is 5.32 Å². The molecule has 0 aromatic carbocycles. The SMILES string of the molecule is CCC[C@@H]1CCC[C@H](Nc2c(C(=O)OCC)cnc3[nH]ccc23)C1. The molecule has 2 aromatic rings. The first-order chi connectivity index (χ1) is 11.7. The van der Waals surface area contributed by atoms with Gasteiger partial charge >= 0.3 is 5.97 Å². The molecule has 1 aliphatic carbocycles. The lowest BCUT2D eigenvalue weighted by molar-refractivity contribution is 0.0527. The first-order valence-electron chi connectivity index (χ1n) is 9.12. The summed E-state index contributed by atoms with van der Waals surface area (Å²) in [4.78, 5) is 19.8. The molecule has 0 bridgehead atoms. The molecule has 5 nitrogen and oxygen atoms in total. The van der Waals surface area contributed by atoms with Gasteiger partial charge in [-0.2, -0.15) is 0 Å². The monoisotopic (exact) mass is 329 g/mol. The van der Waals surface area contributed by atoms with Crippen molar-refractivity contribution < 1.29 is 9.53 Å². The van der Waals surface area contributed by atoms with E-state index >= 15 is 0 Å². The van der Waals surface area contributed by atoms with Crippen molar-refractivity contribution in [1.29, 1.82) is 0 Å². The molecule has 0 unspecified atom stereocenters. The number of ether oxygens (including phenoxy) is 1. The number of pyridine rings is 1. The van der Waals surface area contributed by atoms with E-state index in [9.17, 15) is 4.79 Å². The first-order valence-corrected chi connectivity index (χ1v) is 9.12. The zero-order valence-electron chi connectivity index (χ0n) is 14.6. The summed E-state index contributed by atoms with van der Waals surface area (Å²) in [5, 5.41) is 4.60. The van der Waals surface area contributed by atoms with Crippen LogP contribution in [0.3, 0.4) is 0 Å². The maximum atomic E-state index is 12.3. The predicted molar refractivity (Wildman–Crippen MR) is 96.3 cm³/mol.